The molecular formula is C42H36B2Cl2F5N7O5V. The molecule has 0 atom stereocenters. The molecule has 12 nitrogen and oxygen atoms in total. The maximum Gasteiger partial charge on any atom is 0.417 e. The van der Waals surface area contributed by atoms with E-state index in [1.54, 1.807) is 56.4 Å². The van der Waals surface area contributed by atoms with Gasteiger partial charge in [0.15, 0.2) is 0 Å². The average Bonchev–Trinajstić information content (AvgIpc) is 3.22. The monoisotopic (exact) mass is 959 g/mol. The maximum atomic E-state index is 14.3. The van der Waals surface area contributed by atoms with Crippen molar-refractivity contribution in [3.63, 3.8) is 0 Å². The van der Waals surface area contributed by atoms with Gasteiger partial charge in [0, 0.05) is 97.8 Å². The number of aromatic hydroxyl groups is 1. The van der Waals surface area contributed by atoms with E-state index in [-0.39, 0.29) is 52.8 Å². The molecule has 0 aliphatic carbocycles. The Hall–Kier alpha value is -6.27. The number of rotatable bonds is 7. The number of urea groups is 2. The van der Waals surface area contributed by atoms with E-state index in [1.807, 2.05) is 12.2 Å². The van der Waals surface area contributed by atoms with Gasteiger partial charge in [-0.15, -0.1) is 0 Å². The molecule has 0 aliphatic rings. The van der Waals surface area contributed by atoms with E-state index in [0.29, 0.717) is 22.5 Å². The summed E-state index contributed by atoms with van der Waals surface area (Å²) in [5, 5.41) is 20.4. The molecule has 4 aromatic carbocycles. The number of hydrogen-bond acceptors (Lipinski definition) is 7. The summed E-state index contributed by atoms with van der Waals surface area (Å²) in [5.41, 5.74) is 1.60. The number of aromatic nitrogens is 2. The Morgan fingerprint density at radius 1 is 0.703 bits per heavy atom. The summed E-state index contributed by atoms with van der Waals surface area (Å²) in [6.45, 7) is 2.92. The molecule has 64 heavy (non-hydrogen) atoms. The second-order valence-corrected chi connectivity index (χ2v) is 13.3. The first-order valence-corrected chi connectivity index (χ1v) is 18.5. The van der Waals surface area contributed by atoms with Crippen molar-refractivity contribution in [1.82, 2.24) is 15.3 Å². The van der Waals surface area contributed by atoms with E-state index < -0.39 is 53.3 Å². The fraction of sp³-hybridized carbons (Fsp3) is 0.119. The molecule has 6 rings (SSSR count). The maximum absolute atomic E-state index is 14.3. The van der Waals surface area contributed by atoms with E-state index in [1.165, 1.54) is 42.6 Å². The van der Waals surface area contributed by atoms with Gasteiger partial charge >= 0.3 is 18.2 Å². The molecular weight excluding hydrogens is 921 g/mol. The molecule has 2 aromatic heterocycles. The van der Waals surface area contributed by atoms with Crippen molar-refractivity contribution in [3.05, 3.63) is 159 Å². The van der Waals surface area contributed by atoms with E-state index in [2.05, 4.69) is 46.7 Å². The van der Waals surface area contributed by atoms with Crippen LogP contribution in [-0.2, 0) is 24.7 Å². The van der Waals surface area contributed by atoms with Crippen LogP contribution in [0.4, 0.5) is 54.3 Å². The second kappa shape index (κ2) is 25.7. The predicted molar refractivity (Wildman–Crippen MR) is 235 cm³/mol. The van der Waals surface area contributed by atoms with Gasteiger partial charge in [-0.05, 0) is 111 Å². The molecule has 0 unspecified atom stereocenters. The largest absolute Gasteiger partial charge is 0.508 e. The molecule has 0 aliphatic heterocycles. The van der Waals surface area contributed by atoms with Gasteiger partial charge in [-0.2, -0.15) is 13.2 Å². The normalized spacial score (nSPS) is 10.9. The molecule has 6 N–H and O–H groups in total. The summed E-state index contributed by atoms with van der Waals surface area (Å²) in [6.07, 6.45) is -1.67. The molecule has 329 valence electrons. The SMILES string of the molecule is Cc1cc(NC(=O)Nc2ccc(O)cc2F)ccc1Cl.Cc1cc(Oc2ccc(NC(=O)Nc3ccc(Cl)c(C(F)(F)F)c3)c(F)c2)ccn1.[2H]C([2H])([2H])NC(=O)c1cc(C)ccn1.[B][B].[V]. The third-order valence-corrected chi connectivity index (χ3v) is 8.45. The predicted octanol–water partition coefficient (Wildman–Crippen LogP) is 10.8. The van der Waals surface area contributed by atoms with Gasteiger partial charge in [0.2, 0.25) is 0 Å². The third kappa shape index (κ3) is 17.5. The Morgan fingerprint density at radius 2 is 1.27 bits per heavy atom. The fourth-order valence-electron chi connectivity index (χ4n) is 4.82. The first-order valence-electron chi connectivity index (χ1n) is 19.2. The number of pyridine rings is 2. The van der Waals surface area contributed by atoms with Crippen LogP contribution in [0.3, 0.4) is 0 Å². The standard InChI is InChI=1S/C20H14ClF4N3O2.C14H12ClFN2O2.C8H10N2O.B2.V/c1-11-8-14(6-7-26-11)30-13-3-5-18(17(22)10-13)28-19(29)27-12-2-4-16(21)15(9-12)20(23,24)25;1-8-6-9(2-4-11(8)15)17-14(20)18-13-5-3-10(19)7-12(13)16;1-6-3-4-10-7(5-6)8(11)9-2;1-2;/h2-10H,1H3,(H2,27,28,29);2-7,19H,1H3,(H2,17,18,20);3-5H,1-2H3,(H,9,11);;/i;;2D3;;. The van der Waals surface area contributed by atoms with Gasteiger partial charge in [0.05, 0.1) is 22.0 Å². The Kier molecular flexibility index (Phi) is 19.6. The van der Waals surface area contributed by atoms with E-state index in [4.69, 9.17) is 37.2 Å². The van der Waals surface area contributed by atoms with Crippen LogP contribution in [0.25, 0.3) is 0 Å². The van der Waals surface area contributed by atoms with Gasteiger partial charge < -0.3 is 36.4 Å². The number of alkyl halides is 3. The minimum Gasteiger partial charge on any atom is -0.508 e. The number of nitrogens with one attached hydrogen (secondary N) is 5. The molecule has 2 heterocycles. The zero-order valence-electron chi connectivity index (χ0n) is 36.6. The van der Waals surface area contributed by atoms with Crippen LogP contribution < -0.4 is 31.3 Å². The minimum absolute atomic E-state index is 0. The van der Waals surface area contributed by atoms with Gasteiger partial charge in [0.1, 0.15) is 34.6 Å². The van der Waals surface area contributed by atoms with Gasteiger partial charge in [0.25, 0.3) is 5.91 Å². The smallest absolute Gasteiger partial charge is 0.417 e. The summed E-state index contributed by atoms with van der Waals surface area (Å²) in [5.74, 6) is -1.75. The Balaban J connectivity index is 0.000000361. The number of anilines is 4. The van der Waals surface area contributed by atoms with Gasteiger partial charge in [-0.25, -0.2) is 18.4 Å². The van der Waals surface area contributed by atoms with E-state index in [0.717, 1.165) is 35.0 Å². The van der Waals surface area contributed by atoms with Crippen molar-refractivity contribution in [2.45, 2.75) is 26.9 Å². The van der Waals surface area contributed by atoms with Crippen molar-refractivity contribution >= 4 is 79.4 Å². The van der Waals surface area contributed by atoms with Crippen molar-refractivity contribution in [2.75, 3.05) is 28.2 Å². The molecule has 5 radical (unpaired) electrons. The average molecular weight is 960 g/mol. The van der Waals surface area contributed by atoms with Crippen molar-refractivity contribution in [1.29, 1.82) is 0 Å². The summed E-state index contributed by atoms with van der Waals surface area (Å²) >= 11 is 11.4. The number of hydrogen-bond donors (Lipinski definition) is 6. The number of carbonyl (C=O) groups excluding carboxylic acids is 3. The Bertz CT molecular complexity index is 2660. The van der Waals surface area contributed by atoms with Gasteiger partial charge in [-0.3, -0.25) is 14.8 Å². The Morgan fingerprint density at radius 3 is 1.81 bits per heavy atom. The van der Waals surface area contributed by atoms with Crippen LogP contribution in [0.15, 0.2) is 109 Å². The Labute approximate surface area is 393 Å². The number of ether oxygens (including phenoxy) is 1. The fourth-order valence-corrected chi connectivity index (χ4v) is 5.16. The van der Waals surface area contributed by atoms with E-state index >= 15 is 0 Å². The van der Waals surface area contributed by atoms with Crippen LogP contribution in [0, 0.1) is 32.4 Å². The number of halogens is 7. The molecule has 6 aromatic rings. The number of benzene rings is 4. The minimum atomic E-state index is -4.68. The molecule has 0 saturated heterocycles. The molecule has 0 spiro atoms. The van der Waals surface area contributed by atoms with Crippen LogP contribution in [0.5, 0.6) is 17.2 Å². The quantitative estimate of drug-likeness (QED) is 0.0526. The summed E-state index contributed by atoms with van der Waals surface area (Å²) < 4.78 is 92.5. The summed E-state index contributed by atoms with van der Waals surface area (Å²) in [6, 6.07) is 20.1. The topological polar surface area (TPSA) is 167 Å². The number of phenolic OH excluding ortho intramolecular Hbond substituents is 1. The number of nitrogens with zero attached hydrogens (tertiary/aromatic N) is 2. The van der Waals surface area contributed by atoms with E-state index in [9.17, 15) is 36.3 Å². The van der Waals surface area contributed by atoms with Crippen molar-refractivity contribution in [2.24, 2.45) is 0 Å². The van der Waals surface area contributed by atoms with Crippen LogP contribution >= 0.6 is 23.2 Å². The zero-order valence-corrected chi connectivity index (χ0v) is 36.5. The zero-order chi connectivity index (χ0) is 49.4. The molecule has 5 amide bonds. The van der Waals surface area contributed by atoms with Crippen LogP contribution in [-0.4, -0.2) is 55.5 Å². The number of amides is 5. The van der Waals surface area contributed by atoms with Crippen molar-refractivity contribution < 1.29 is 68.8 Å². The molecule has 0 saturated carbocycles. The van der Waals surface area contributed by atoms with Crippen molar-refractivity contribution in [3.8, 4) is 17.2 Å². The summed E-state index contributed by atoms with van der Waals surface area (Å²) in [7, 11) is 8.00. The second-order valence-electron chi connectivity index (χ2n) is 12.5. The third-order valence-electron chi connectivity index (χ3n) is 7.70. The number of carbonyl (C=O) groups is 3. The first kappa shape index (κ1) is 48.8. The first-order chi connectivity index (χ1) is 30.9. The summed E-state index contributed by atoms with van der Waals surface area (Å²) in [4.78, 5) is 42.8. The number of phenols is 1. The molecule has 22 heteroatoms. The van der Waals surface area contributed by atoms with Crippen LogP contribution in [0.1, 0.15) is 37.0 Å². The molecule has 0 fully saturated rings. The number of aryl methyl sites for hydroxylation is 3. The van der Waals surface area contributed by atoms with Crippen LogP contribution in [0.2, 0.25) is 10.0 Å². The van der Waals surface area contributed by atoms with Gasteiger partial charge in [-0.1, -0.05) is 23.2 Å². The molecule has 0 bridgehead atoms.